The first kappa shape index (κ1) is 60.0. The average Bonchev–Trinajstić information content (AvgIpc) is 4.04. The molecule has 5 atom stereocenters. The third-order valence-electron chi connectivity index (χ3n) is 11.7. The van der Waals surface area contributed by atoms with Crippen molar-refractivity contribution >= 4 is 132 Å². The summed E-state index contributed by atoms with van der Waals surface area (Å²) in [6.45, 7) is 1.47. The van der Waals surface area contributed by atoms with Gasteiger partial charge in [0.2, 0.25) is 47.3 Å². The Labute approximate surface area is 460 Å². The van der Waals surface area contributed by atoms with Gasteiger partial charge in [-0.3, -0.25) is 43.3 Å². The number of hydrogen-bond donors (Lipinski definition) is 11. The van der Waals surface area contributed by atoms with Crippen molar-refractivity contribution in [3.63, 3.8) is 0 Å². The zero-order chi connectivity index (χ0) is 54.6. The normalized spacial score (nSPS) is 19.8. The fraction of sp³-hybridized carbons (Fsp3) is 0.447. The van der Waals surface area contributed by atoms with Gasteiger partial charge in [0.1, 0.15) is 30.2 Å². The van der Waals surface area contributed by atoms with E-state index in [-0.39, 0.29) is 107 Å². The lowest BCUT2D eigenvalue weighted by molar-refractivity contribution is -0.137. The smallest absolute Gasteiger partial charge is 0.243 e. The summed E-state index contributed by atoms with van der Waals surface area (Å²) in [6.07, 6.45) is 5.70. The van der Waals surface area contributed by atoms with Gasteiger partial charge >= 0.3 is 0 Å². The Morgan fingerprint density at radius 2 is 1.44 bits per heavy atom. The first-order valence-electron chi connectivity index (χ1n) is 23.8. The molecule has 2 aromatic heterocycles. The molecule has 0 unspecified atom stereocenters. The number of nitrogens with one attached hydrogen (secondary N) is 8. The third-order valence-corrected chi connectivity index (χ3v) is 15.9. The quantitative estimate of drug-likeness (QED) is 0.0181. The minimum absolute atomic E-state index is 0.0215. The molecule has 0 radical (unpaired) electrons. The van der Waals surface area contributed by atoms with Crippen LogP contribution in [0.1, 0.15) is 62.3 Å². The van der Waals surface area contributed by atoms with Gasteiger partial charge in [0.05, 0.1) is 33.0 Å². The minimum atomic E-state index is -1.57. The van der Waals surface area contributed by atoms with Gasteiger partial charge in [-0.25, -0.2) is 4.98 Å². The Kier molecular flexibility index (Phi) is 24.0. The summed E-state index contributed by atoms with van der Waals surface area (Å²) < 4.78 is 0. The summed E-state index contributed by atoms with van der Waals surface area (Å²) in [7, 11) is 2.45. The molecule has 1 saturated heterocycles. The number of aliphatic imine (C=N–C) groups is 1. The highest BCUT2D eigenvalue weighted by molar-refractivity contribution is 8.76. The Bertz CT molecular complexity index is 2690. The van der Waals surface area contributed by atoms with Gasteiger partial charge in [-0.2, -0.15) is 0 Å². The number of rotatable bonds is 17. The molecule has 14 N–H and O–H groups in total. The van der Waals surface area contributed by atoms with Crippen LogP contribution in [0.15, 0.2) is 54.0 Å². The number of halogens is 4. The van der Waals surface area contributed by atoms with Crippen LogP contribution in [0.2, 0.25) is 20.1 Å². The van der Waals surface area contributed by atoms with Crippen LogP contribution < -0.4 is 49.1 Å². The molecule has 406 valence electrons. The van der Waals surface area contributed by atoms with E-state index in [0.717, 1.165) is 10.9 Å². The number of carbonyl (C=O) groups is 8. The topological polar surface area (TPSA) is 347 Å². The first-order chi connectivity index (χ1) is 35.8. The number of hydrogen-bond acceptors (Lipinski definition) is 12. The van der Waals surface area contributed by atoms with Gasteiger partial charge in [-0.1, -0.05) is 92.6 Å². The zero-order valence-electron chi connectivity index (χ0n) is 40.8. The fourth-order valence-electron chi connectivity index (χ4n) is 7.84. The van der Waals surface area contributed by atoms with Crippen molar-refractivity contribution in [2.75, 3.05) is 37.7 Å². The fourth-order valence-corrected chi connectivity index (χ4v) is 10.9. The lowest BCUT2D eigenvalue weighted by Crippen LogP contribution is -2.60. The molecule has 3 heterocycles. The number of nitrogens with two attached hydrogens (primary N) is 3. The molecular weight excluding hydrogens is 1090 g/mol. The number of guanidine groups is 1. The molecule has 1 aliphatic rings. The van der Waals surface area contributed by atoms with E-state index in [4.69, 9.17) is 63.6 Å². The SMILES string of the molecule is CC(=O)NCCCCCC(=O)N1CCSSC[C@@H](C(N)=O)NC(=O)[C@H](Cc2c[nH]c3ccccc23)NC(=O)[C@H](CCCN=C(N)N)NC(=O)[C@@H](Cc2cc(Cl)c(Cl)c(Cl)c2Cl)NC(=O)[C@H](Cc2cnc[nH]2)NC(=O)C1. The Balaban J connectivity index is 1.55. The number of fused-ring (bicyclic) bond motifs is 1. The number of amides is 8. The van der Waals surface area contributed by atoms with Crippen molar-refractivity contribution in [3.05, 3.63) is 86.0 Å². The van der Waals surface area contributed by atoms with E-state index in [1.54, 1.807) is 6.20 Å². The first-order valence-corrected chi connectivity index (χ1v) is 27.8. The summed E-state index contributed by atoms with van der Waals surface area (Å²) >= 11 is 25.8. The van der Waals surface area contributed by atoms with Crippen LogP contribution >= 0.6 is 68.0 Å². The van der Waals surface area contributed by atoms with Crippen LogP contribution in [0.4, 0.5) is 0 Å². The number of unbranched alkanes of at least 4 members (excludes halogenated alkanes) is 2. The number of imidazole rings is 1. The van der Waals surface area contributed by atoms with Crippen LogP contribution in [0.5, 0.6) is 0 Å². The molecule has 1 fully saturated rings. The molecule has 1 aliphatic heterocycles. The monoisotopic (exact) mass is 1150 g/mol. The van der Waals surface area contributed by atoms with Gasteiger partial charge in [-0.05, 0) is 48.9 Å². The second kappa shape index (κ2) is 30.0. The Morgan fingerprint density at radius 1 is 0.773 bits per heavy atom. The number of nitrogens with zero attached hydrogens (tertiary/aromatic N) is 3. The number of H-pyrrole nitrogens is 2. The molecule has 0 aliphatic carbocycles. The summed E-state index contributed by atoms with van der Waals surface area (Å²) in [6, 6.07) is 1.71. The number of primary amides is 1. The molecular formula is C47H60Cl4N14O8S2. The van der Waals surface area contributed by atoms with Crippen LogP contribution in [0, 0.1) is 0 Å². The summed E-state index contributed by atoms with van der Waals surface area (Å²) in [5.74, 6) is -5.47. The Hall–Kier alpha value is -5.92. The van der Waals surface area contributed by atoms with E-state index in [2.05, 4.69) is 51.8 Å². The molecule has 0 spiro atoms. The molecule has 8 amide bonds. The van der Waals surface area contributed by atoms with E-state index >= 15 is 0 Å². The average molecular weight is 1160 g/mol. The van der Waals surface area contributed by atoms with E-state index < -0.39 is 72.2 Å². The lowest BCUT2D eigenvalue weighted by atomic mass is 10.0. The van der Waals surface area contributed by atoms with E-state index in [0.29, 0.717) is 37.1 Å². The van der Waals surface area contributed by atoms with Crippen molar-refractivity contribution in [2.24, 2.45) is 22.2 Å². The van der Waals surface area contributed by atoms with Gasteiger partial charge in [0.25, 0.3) is 0 Å². The predicted octanol–water partition coefficient (Wildman–Crippen LogP) is 2.42. The molecule has 2 aromatic carbocycles. The van der Waals surface area contributed by atoms with Gasteiger partial charge in [0.15, 0.2) is 5.96 Å². The number of carbonyl (C=O) groups excluding carboxylic acids is 8. The van der Waals surface area contributed by atoms with Crippen molar-refractivity contribution in [1.29, 1.82) is 0 Å². The highest BCUT2D eigenvalue weighted by atomic mass is 35.5. The molecule has 75 heavy (non-hydrogen) atoms. The highest BCUT2D eigenvalue weighted by Gasteiger charge is 2.34. The second-order valence-electron chi connectivity index (χ2n) is 17.4. The van der Waals surface area contributed by atoms with E-state index in [9.17, 15) is 38.4 Å². The van der Waals surface area contributed by atoms with E-state index in [1.165, 1.54) is 52.0 Å². The highest BCUT2D eigenvalue weighted by Crippen LogP contribution is 2.38. The van der Waals surface area contributed by atoms with Crippen LogP contribution in [-0.2, 0) is 57.6 Å². The van der Waals surface area contributed by atoms with Crippen molar-refractivity contribution in [1.82, 2.24) is 51.8 Å². The number of aromatic nitrogens is 3. The third kappa shape index (κ3) is 19.0. The van der Waals surface area contributed by atoms with Crippen molar-refractivity contribution in [3.8, 4) is 0 Å². The maximum atomic E-state index is 14.8. The van der Waals surface area contributed by atoms with Crippen LogP contribution in [0.3, 0.4) is 0 Å². The van der Waals surface area contributed by atoms with Gasteiger partial charge in [0, 0.05) is 92.7 Å². The largest absolute Gasteiger partial charge is 0.370 e. The van der Waals surface area contributed by atoms with Crippen molar-refractivity contribution < 1.29 is 38.4 Å². The van der Waals surface area contributed by atoms with Gasteiger partial charge in [-0.15, -0.1) is 0 Å². The van der Waals surface area contributed by atoms with E-state index in [1.807, 2.05) is 24.3 Å². The minimum Gasteiger partial charge on any atom is -0.370 e. The second-order valence-corrected chi connectivity index (χ2v) is 21.6. The summed E-state index contributed by atoms with van der Waals surface area (Å²) in [5.41, 5.74) is 19.0. The Morgan fingerprint density at radius 3 is 2.12 bits per heavy atom. The molecule has 0 saturated carbocycles. The lowest BCUT2D eigenvalue weighted by Gasteiger charge is -2.28. The zero-order valence-corrected chi connectivity index (χ0v) is 45.4. The predicted molar refractivity (Wildman–Crippen MR) is 292 cm³/mol. The molecule has 5 rings (SSSR count). The molecule has 22 nitrogen and oxygen atoms in total. The number of para-hydroxylation sites is 1. The van der Waals surface area contributed by atoms with Gasteiger partial charge < -0.3 is 64.0 Å². The van der Waals surface area contributed by atoms with Crippen LogP contribution in [-0.4, -0.2) is 141 Å². The standard InChI is InChI=1S/C47H60Cl4N14O8S2/c1-25(66)56-12-6-2-3-11-38(68)65-14-15-74-75-23-36(42(52)69)64-45(72)34(18-27-20-58-31-9-5-4-8-29(27)31)62-43(70)32(10-7-13-57-47(53)54)61-44(71)33(17-26-16-30(48)40(50)41(51)39(26)49)63-46(73)35(60-37(67)22-65)19-28-21-55-24-59-28/h4-5,8-9,16,20-21,24,32-36,58H,2-3,6-7,10-15,17-19,22-23H2,1H3,(H2,52,69)(H,55,59)(H,56,66)(H,60,67)(H,61,71)(H,62,70)(H,63,73)(H,64,72)(H4,53,54,57)/t32-,33+,34-,35-,36-/m0/s1. The maximum Gasteiger partial charge on any atom is 0.243 e. The molecule has 4 aromatic rings. The van der Waals surface area contributed by atoms with Crippen molar-refractivity contribution in [2.45, 2.75) is 94.9 Å². The molecule has 28 heteroatoms. The summed E-state index contributed by atoms with van der Waals surface area (Å²) in [5, 5.41) is 16.8. The summed E-state index contributed by atoms with van der Waals surface area (Å²) in [4.78, 5) is 126. The maximum absolute atomic E-state index is 14.8. The molecule has 0 bridgehead atoms. The van der Waals surface area contributed by atoms with Crippen LogP contribution in [0.25, 0.3) is 10.9 Å². The number of aromatic amines is 2. The number of benzene rings is 2.